The summed E-state index contributed by atoms with van der Waals surface area (Å²) in [5.41, 5.74) is 1.31. The van der Waals surface area contributed by atoms with Crippen LogP contribution in [-0.4, -0.2) is 74.4 Å². The van der Waals surface area contributed by atoms with Crippen molar-refractivity contribution in [2.45, 2.75) is 31.8 Å². The Kier molecular flexibility index (Phi) is 8.42. The molecule has 2 aliphatic rings. The molecule has 0 aliphatic carbocycles. The Hall–Kier alpha value is -3.78. The van der Waals surface area contributed by atoms with Gasteiger partial charge in [-0.1, -0.05) is 0 Å². The number of hydrogen-bond acceptors (Lipinski definition) is 11. The minimum atomic E-state index is -3.13. The van der Waals surface area contributed by atoms with E-state index >= 15 is 0 Å². The fourth-order valence-electron chi connectivity index (χ4n) is 4.51. The summed E-state index contributed by atoms with van der Waals surface area (Å²) in [4.78, 5) is 20.6. The van der Waals surface area contributed by atoms with Gasteiger partial charge in [0.25, 0.3) is 5.69 Å². The zero-order valence-corrected chi connectivity index (χ0v) is 22.0. The van der Waals surface area contributed by atoms with Gasteiger partial charge in [-0.25, -0.2) is 4.99 Å². The van der Waals surface area contributed by atoms with Crippen molar-refractivity contribution in [3.05, 3.63) is 50.8 Å². The van der Waals surface area contributed by atoms with E-state index in [-0.39, 0.29) is 28.5 Å². The van der Waals surface area contributed by atoms with Gasteiger partial charge in [0.2, 0.25) is 0 Å². The lowest BCUT2D eigenvalue weighted by Crippen LogP contribution is -2.42. The number of piperidine rings is 1. The van der Waals surface area contributed by atoms with E-state index < -0.39 is 17.8 Å². The molecule has 4 rings (SSSR count). The number of thiophene rings is 1. The number of nitrogens with one attached hydrogen (secondary N) is 4. The van der Waals surface area contributed by atoms with E-state index in [1.54, 1.807) is 19.3 Å². The summed E-state index contributed by atoms with van der Waals surface area (Å²) in [6.45, 7) is -2.03. The number of allylic oxidation sites excluding steroid dienone is 1. The average molecular weight is 549 g/mol. The highest BCUT2D eigenvalue weighted by Crippen LogP contribution is 2.40. The van der Waals surface area contributed by atoms with Crippen LogP contribution in [0.5, 0.6) is 5.75 Å². The molecule has 1 saturated heterocycles. The molecule has 0 bridgehead atoms. The number of ether oxygens (including phenoxy) is 1. The molecule has 2 aromatic rings. The Labute approximate surface area is 222 Å². The molecule has 11 nitrogen and oxygen atoms in total. The van der Waals surface area contributed by atoms with Crippen LogP contribution < -0.4 is 25.6 Å². The van der Waals surface area contributed by atoms with E-state index in [2.05, 4.69) is 25.8 Å². The van der Waals surface area contributed by atoms with Crippen molar-refractivity contribution < 1.29 is 18.4 Å². The van der Waals surface area contributed by atoms with Gasteiger partial charge in [0.05, 0.1) is 32.6 Å². The second-order valence-electron chi connectivity index (χ2n) is 9.00. The topological polar surface area (TPSA) is 131 Å². The normalized spacial score (nSPS) is 17.8. The summed E-state index contributed by atoms with van der Waals surface area (Å²) < 4.78 is 31.5. The molecule has 1 aromatic heterocycles. The van der Waals surface area contributed by atoms with Crippen LogP contribution in [0.4, 0.5) is 31.5 Å². The summed E-state index contributed by atoms with van der Waals surface area (Å²) in [7, 11) is 5.73. The highest BCUT2D eigenvalue weighted by atomic mass is 32.1. The van der Waals surface area contributed by atoms with Gasteiger partial charge in [-0.15, -0.1) is 11.3 Å². The molecule has 1 unspecified atom stereocenters. The Morgan fingerprint density at radius 1 is 1.34 bits per heavy atom. The Balaban J connectivity index is 1.63. The number of hydrogen-bond donors (Lipinski definition) is 4. The number of benzene rings is 1. The minimum Gasteiger partial charge on any atom is -0.433 e. The molecule has 1 atom stereocenters. The monoisotopic (exact) mass is 548 g/mol. The number of rotatable bonds is 10. The van der Waals surface area contributed by atoms with E-state index in [0.717, 1.165) is 18.5 Å². The van der Waals surface area contributed by atoms with Crippen molar-refractivity contribution in [3.8, 4) is 5.75 Å². The highest BCUT2D eigenvalue weighted by Gasteiger charge is 2.29. The fourth-order valence-corrected chi connectivity index (χ4v) is 5.37. The predicted octanol–water partition coefficient (Wildman–Crippen LogP) is 4.15. The maximum absolute atomic E-state index is 13.4. The molecule has 1 fully saturated rings. The molecule has 14 heteroatoms. The van der Waals surface area contributed by atoms with Gasteiger partial charge in [0.1, 0.15) is 5.69 Å². The number of anilines is 3. The van der Waals surface area contributed by atoms with E-state index in [4.69, 9.17) is 10.1 Å². The minimum absolute atomic E-state index is 0.0154. The standard InChI is InChI=1S/C24H30F2N8O3S/c1-28-16-7-11-38-22(16)21(27)15-4-8-29-24(30-15)31-17-12-19(34(35)36)18(13-20(17)37-23(25)26)33-9-5-14(6-10-33)32(2)3/h4,7-8,11-14,23-24,27-29,31H,5-6,9-10H2,1-3H3. The van der Waals surface area contributed by atoms with Crippen molar-refractivity contribution in [1.29, 1.82) is 5.41 Å². The first kappa shape index (κ1) is 27.3. The summed E-state index contributed by atoms with van der Waals surface area (Å²) >= 11 is 1.38. The zero-order chi connectivity index (χ0) is 27.4. The van der Waals surface area contributed by atoms with E-state index in [1.165, 1.54) is 23.5 Å². The lowest BCUT2D eigenvalue weighted by atomic mass is 10.0. The predicted molar refractivity (Wildman–Crippen MR) is 146 cm³/mol. The molecule has 0 saturated carbocycles. The number of halogens is 2. The third-order valence-corrected chi connectivity index (χ3v) is 7.43. The molecule has 0 spiro atoms. The number of alkyl halides is 2. The van der Waals surface area contributed by atoms with Crippen LogP contribution >= 0.6 is 11.3 Å². The van der Waals surface area contributed by atoms with E-state index in [9.17, 15) is 18.9 Å². The first-order chi connectivity index (χ1) is 18.2. The van der Waals surface area contributed by atoms with Crippen LogP contribution in [0.25, 0.3) is 0 Å². The smallest absolute Gasteiger partial charge is 0.387 e. The van der Waals surface area contributed by atoms with Gasteiger partial charge in [0, 0.05) is 44.5 Å². The SMILES string of the molecule is CNc1ccsc1C(=N)C1=NC(Nc2cc([N+](=O)[O-])c(N3CCC(N(C)C)CC3)cc2OC(F)F)NC=C1. The first-order valence-electron chi connectivity index (χ1n) is 12.0. The number of nitro benzene ring substituents is 1. The maximum Gasteiger partial charge on any atom is 0.387 e. The first-order valence-corrected chi connectivity index (χ1v) is 12.9. The Morgan fingerprint density at radius 3 is 2.71 bits per heavy atom. The Morgan fingerprint density at radius 2 is 2.08 bits per heavy atom. The molecule has 0 radical (unpaired) electrons. The van der Waals surface area contributed by atoms with E-state index in [0.29, 0.717) is 29.7 Å². The van der Waals surface area contributed by atoms with Crippen LogP contribution in [0, 0.1) is 15.5 Å². The summed E-state index contributed by atoms with van der Waals surface area (Å²) in [5.74, 6) is -0.228. The van der Waals surface area contributed by atoms with E-state index in [1.807, 2.05) is 30.4 Å². The average Bonchev–Trinajstić information content (AvgIpc) is 3.38. The molecule has 2 aliphatic heterocycles. The van der Waals surface area contributed by atoms with Gasteiger partial charge in [-0.2, -0.15) is 8.78 Å². The molecule has 1 aromatic carbocycles. The molecular formula is C24H30F2N8O3S. The van der Waals surface area contributed by atoms with Crippen LogP contribution in [0.1, 0.15) is 17.7 Å². The quantitative estimate of drug-likeness (QED) is 0.198. The van der Waals surface area contributed by atoms with Crippen molar-refractivity contribution in [2.75, 3.05) is 49.8 Å². The highest BCUT2D eigenvalue weighted by molar-refractivity contribution is 7.13. The van der Waals surface area contributed by atoms with Crippen molar-refractivity contribution in [3.63, 3.8) is 0 Å². The van der Waals surface area contributed by atoms with Crippen molar-refractivity contribution in [2.24, 2.45) is 4.99 Å². The lowest BCUT2D eigenvalue weighted by Gasteiger charge is -2.36. The molecule has 3 heterocycles. The van der Waals surface area contributed by atoms with Crippen LogP contribution in [0.2, 0.25) is 0 Å². The van der Waals surface area contributed by atoms with Crippen LogP contribution in [0.15, 0.2) is 40.8 Å². The second kappa shape index (κ2) is 11.7. The van der Waals surface area contributed by atoms with Gasteiger partial charge in [0.15, 0.2) is 12.0 Å². The lowest BCUT2D eigenvalue weighted by molar-refractivity contribution is -0.384. The molecule has 204 valence electrons. The summed E-state index contributed by atoms with van der Waals surface area (Å²) in [5, 5.41) is 31.3. The largest absolute Gasteiger partial charge is 0.433 e. The Bertz CT molecular complexity index is 1240. The molecule has 0 amide bonds. The third-order valence-electron chi connectivity index (χ3n) is 6.50. The van der Waals surface area contributed by atoms with Crippen molar-refractivity contribution in [1.82, 2.24) is 10.2 Å². The fraction of sp³-hybridized carbons (Fsp3) is 0.417. The number of nitro groups is 1. The molecule has 38 heavy (non-hydrogen) atoms. The third kappa shape index (κ3) is 6.02. The maximum atomic E-state index is 13.4. The second-order valence-corrected chi connectivity index (χ2v) is 9.92. The summed E-state index contributed by atoms with van der Waals surface area (Å²) in [6.07, 6.45) is 3.90. The summed E-state index contributed by atoms with van der Waals surface area (Å²) in [6, 6.07) is 4.69. The number of nitrogens with zero attached hydrogens (tertiary/aromatic N) is 4. The van der Waals surface area contributed by atoms with Gasteiger partial charge >= 0.3 is 6.61 Å². The molecular weight excluding hydrogens is 518 g/mol. The van der Waals surface area contributed by atoms with Gasteiger partial charge < -0.3 is 30.5 Å². The van der Waals surface area contributed by atoms with Crippen molar-refractivity contribution >= 4 is 45.5 Å². The van der Waals surface area contributed by atoms with Crippen LogP contribution in [-0.2, 0) is 0 Å². The molecule has 4 N–H and O–H groups in total. The van der Waals surface area contributed by atoms with Gasteiger partial charge in [-0.05, 0) is 44.5 Å². The van der Waals surface area contributed by atoms with Crippen LogP contribution in [0.3, 0.4) is 0 Å². The number of aliphatic imine (C=N–C) groups is 1. The van der Waals surface area contributed by atoms with Gasteiger partial charge in [-0.3, -0.25) is 15.5 Å². The zero-order valence-electron chi connectivity index (χ0n) is 21.2.